The molecule has 4 aromatic rings. The Morgan fingerprint density at radius 1 is 1.26 bits per heavy atom. The maximum absolute atomic E-state index is 12.9. The highest BCUT2D eigenvalue weighted by Gasteiger charge is 2.37. The zero-order chi connectivity index (χ0) is 21.8. The average molecular weight is 441 g/mol. The van der Waals surface area contributed by atoms with Crippen molar-refractivity contribution in [3.05, 3.63) is 53.7 Å². The van der Waals surface area contributed by atoms with Crippen LogP contribution in [-0.2, 0) is 6.42 Å². The number of rotatable bonds is 4. The lowest BCUT2D eigenvalue weighted by Gasteiger charge is -2.32. The minimum Gasteiger partial charge on any atom is -0.403 e. The molecule has 14 heteroatoms. The van der Waals surface area contributed by atoms with Crippen LogP contribution in [0.15, 0.2) is 35.1 Å². The summed E-state index contributed by atoms with van der Waals surface area (Å²) in [5.74, 6) is -1.27. The summed E-state index contributed by atoms with van der Waals surface area (Å²) < 4.78 is 74.6. The SMILES string of the molecule is FC(F)c1nnc(N2CCc3[nH]cnc3[C@H]2c2cc3c(OC(F)(F)F)cccn3n2)o1. The molecule has 1 aliphatic heterocycles. The van der Waals surface area contributed by atoms with E-state index >= 15 is 0 Å². The molecule has 0 fully saturated rings. The number of hydrogen-bond donors (Lipinski definition) is 1. The standard InChI is InChI=1S/C17H12F5N7O2/c18-14(19)15-25-26-16(30-15)28-5-3-8-12(24-7-23-8)13(28)9-6-10-11(31-17(20,21)22)2-1-4-29(10)27-9/h1-2,4,6-7,13-14H,3,5H2,(H,23,24)/t13-/m1/s1. The van der Waals surface area contributed by atoms with Gasteiger partial charge in [0.2, 0.25) is 0 Å². The maximum Gasteiger partial charge on any atom is 0.573 e. The third-order valence-corrected chi connectivity index (χ3v) is 4.78. The number of ether oxygens (including phenoxy) is 1. The molecule has 0 saturated heterocycles. The molecule has 5 heterocycles. The van der Waals surface area contributed by atoms with Gasteiger partial charge in [0.15, 0.2) is 5.75 Å². The molecule has 0 saturated carbocycles. The van der Waals surface area contributed by atoms with Crippen molar-refractivity contribution < 1.29 is 31.1 Å². The van der Waals surface area contributed by atoms with Gasteiger partial charge >= 0.3 is 18.8 Å². The van der Waals surface area contributed by atoms with Gasteiger partial charge in [0.05, 0.1) is 17.7 Å². The highest BCUT2D eigenvalue weighted by atomic mass is 19.4. The second-order valence-corrected chi connectivity index (χ2v) is 6.66. The molecule has 0 aliphatic carbocycles. The van der Waals surface area contributed by atoms with Gasteiger partial charge in [-0.05, 0) is 18.2 Å². The highest BCUT2D eigenvalue weighted by Crippen LogP contribution is 2.38. The van der Waals surface area contributed by atoms with Crippen molar-refractivity contribution >= 4 is 11.5 Å². The first-order valence-corrected chi connectivity index (χ1v) is 8.94. The molecule has 31 heavy (non-hydrogen) atoms. The maximum atomic E-state index is 12.9. The molecule has 9 nitrogen and oxygen atoms in total. The fraction of sp³-hybridized carbons (Fsp3) is 0.294. The van der Waals surface area contributed by atoms with Crippen LogP contribution in [0, 0.1) is 0 Å². The Labute approximate surface area is 169 Å². The zero-order valence-electron chi connectivity index (χ0n) is 15.3. The Hall–Kier alpha value is -3.71. The van der Waals surface area contributed by atoms with Crippen LogP contribution in [0.4, 0.5) is 28.0 Å². The summed E-state index contributed by atoms with van der Waals surface area (Å²) in [6.07, 6.45) is -4.42. The van der Waals surface area contributed by atoms with E-state index in [0.29, 0.717) is 24.4 Å². The number of nitrogens with one attached hydrogen (secondary N) is 1. The van der Waals surface area contributed by atoms with E-state index in [1.54, 1.807) is 0 Å². The third-order valence-electron chi connectivity index (χ3n) is 4.78. The fourth-order valence-corrected chi connectivity index (χ4v) is 3.57. The van der Waals surface area contributed by atoms with Gasteiger partial charge in [-0.15, -0.1) is 18.3 Å². The molecular formula is C17H12F5N7O2. The van der Waals surface area contributed by atoms with E-state index in [1.807, 2.05) is 0 Å². The topological polar surface area (TPSA) is 97.4 Å². The number of halogens is 5. The minimum atomic E-state index is -4.88. The Balaban J connectivity index is 1.61. The third kappa shape index (κ3) is 3.43. The van der Waals surface area contributed by atoms with Crippen molar-refractivity contribution in [3.8, 4) is 5.75 Å². The number of aromatic nitrogens is 6. The van der Waals surface area contributed by atoms with Gasteiger partial charge in [0.25, 0.3) is 5.89 Å². The highest BCUT2D eigenvalue weighted by molar-refractivity contribution is 5.61. The first kappa shape index (κ1) is 19.3. The smallest absolute Gasteiger partial charge is 0.403 e. The summed E-state index contributed by atoms with van der Waals surface area (Å²) in [5, 5.41) is 11.4. The number of anilines is 1. The largest absolute Gasteiger partial charge is 0.573 e. The molecule has 0 radical (unpaired) electrons. The van der Waals surface area contributed by atoms with E-state index in [-0.39, 0.29) is 11.5 Å². The first-order chi connectivity index (χ1) is 14.8. The predicted molar refractivity (Wildman–Crippen MR) is 92.6 cm³/mol. The van der Waals surface area contributed by atoms with Crippen molar-refractivity contribution in [1.29, 1.82) is 0 Å². The molecule has 0 unspecified atom stereocenters. The Morgan fingerprint density at radius 2 is 2.10 bits per heavy atom. The van der Waals surface area contributed by atoms with Crippen LogP contribution in [0.5, 0.6) is 5.75 Å². The minimum absolute atomic E-state index is 0.0660. The van der Waals surface area contributed by atoms with Crippen LogP contribution >= 0.6 is 0 Å². The molecule has 162 valence electrons. The molecule has 1 N–H and O–H groups in total. The van der Waals surface area contributed by atoms with Crippen LogP contribution < -0.4 is 9.64 Å². The van der Waals surface area contributed by atoms with E-state index < -0.39 is 30.5 Å². The number of alkyl halides is 5. The number of aromatic amines is 1. The van der Waals surface area contributed by atoms with E-state index in [0.717, 1.165) is 5.69 Å². The van der Waals surface area contributed by atoms with Crippen LogP contribution in [0.1, 0.15) is 35.4 Å². The summed E-state index contributed by atoms with van der Waals surface area (Å²) in [4.78, 5) is 8.82. The Bertz CT molecular complexity index is 1230. The molecule has 0 aromatic carbocycles. The summed E-state index contributed by atoms with van der Waals surface area (Å²) >= 11 is 0. The van der Waals surface area contributed by atoms with Gasteiger partial charge in [-0.25, -0.2) is 9.50 Å². The van der Waals surface area contributed by atoms with E-state index in [9.17, 15) is 22.0 Å². The van der Waals surface area contributed by atoms with Crippen molar-refractivity contribution in [3.63, 3.8) is 0 Å². The number of hydrogen-bond acceptors (Lipinski definition) is 7. The number of H-pyrrole nitrogens is 1. The molecule has 0 bridgehead atoms. The lowest BCUT2D eigenvalue weighted by atomic mass is 10.0. The van der Waals surface area contributed by atoms with Gasteiger partial charge < -0.3 is 19.0 Å². The van der Waals surface area contributed by atoms with Crippen LogP contribution in [0.25, 0.3) is 5.52 Å². The lowest BCUT2D eigenvalue weighted by molar-refractivity contribution is -0.274. The number of fused-ring (bicyclic) bond motifs is 2. The normalized spacial score (nSPS) is 16.8. The summed E-state index contributed by atoms with van der Waals surface area (Å²) in [6.45, 7) is 0.296. The number of imidazole rings is 1. The second-order valence-electron chi connectivity index (χ2n) is 6.66. The Morgan fingerprint density at radius 3 is 2.84 bits per heavy atom. The van der Waals surface area contributed by atoms with Gasteiger partial charge in [0, 0.05) is 24.9 Å². The molecular weight excluding hydrogens is 429 g/mol. The second kappa shape index (κ2) is 6.92. The van der Waals surface area contributed by atoms with Gasteiger partial charge in [-0.1, -0.05) is 5.10 Å². The molecule has 0 amide bonds. The first-order valence-electron chi connectivity index (χ1n) is 8.94. The van der Waals surface area contributed by atoms with E-state index in [4.69, 9.17) is 4.42 Å². The zero-order valence-corrected chi connectivity index (χ0v) is 15.3. The monoisotopic (exact) mass is 441 g/mol. The Kier molecular flexibility index (Phi) is 4.30. The molecule has 4 aromatic heterocycles. The van der Waals surface area contributed by atoms with Gasteiger partial charge in [0.1, 0.15) is 11.6 Å². The summed E-state index contributed by atoms with van der Waals surface area (Å²) in [7, 11) is 0. The fourth-order valence-electron chi connectivity index (χ4n) is 3.57. The van der Waals surface area contributed by atoms with Crippen LogP contribution in [0.3, 0.4) is 0 Å². The quantitative estimate of drug-likeness (QED) is 0.485. The van der Waals surface area contributed by atoms with E-state index in [2.05, 4.69) is 30.0 Å². The van der Waals surface area contributed by atoms with Crippen molar-refractivity contribution in [2.75, 3.05) is 11.4 Å². The van der Waals surface area contributed by atoms with Crippen molar-refractivity contribution in [2.24, 2.45) is 0 Å². The average Bonchev–Trinajstić information content (AvgIpc) is 3.44. The summed E-state index contributed by atoms with van der Waals surface area (Å²) in [6, 6.07) is 3.00. The lowest BCUT2D eigenvalue weighted by Crippen LogP contribution is -2.36. The number of nitrogens with zero attached hydrogens (tertiary/aromatic N) is 6. The number of pyridine rings is 1. The molecule has 0 spiro atoms. The molecule has 5 rings (SSSR count). The van der Waals surface area contributed by atoms with Crippen LogP contribution in [-0.4, -0.2) is 42.7 Å². The molecule has 1 aliphatic rings. The van der Waals surface area contributed by atoms with Crippen molar-refractivity contribution in [2.45, 2.75) is 25.3 Å². The van der Waals surface area contributed by atoms with E-state index in [1.165, 1.54) is 40.1 Å². The van der Waals surface area contributed by atoms with Gasteiger partial charge in [-0.3, -0.25) is 0 Å². The summed E-state index contributed by atoms with van der Waals surface area (Å²) in [5.41, 5.74) is 1.66. The molecule has 1 atom stereocenters. The van der Waals surface area contributed by atoms with Gasteiger partial charge in [-0.2, -0.15) is 13.9 Å². The predicted octanol–water partition coefficient (Wildman–Crippen LogP) is 3.43. The van der Waals surface area contributed by atoms with Crippen LogP contribution in [0.2, 0.25) is 0 Å². The van der Waals surface area contributed by atoms with Crippen molar-refractivity contribution in [1.82, 2.24) is 29.8 Å².